The van der Waals surface area contributed by atoms with Crippen LogP contribution >= 0.6 is 0 Å². The van der Waals surface area contributed by atoms with Crippen LogP contribution in [0.3, 0.4) is 0 Å². The summed E-state index contributed by atoms with van der Waals surface area (Å²) in [7, 11) is 0. The lowest BCUT2D eigenvalue weighted by atomic mass is 10.2. The molecule has 5 rings (SSSR count). The highest BCUT2D eigenvalue weighted by Crippen LogP contribution is 2.17. The molecule has 0 radical (unpaired) electrons. The molecule has 0 saturated carbocycles. The number of amides is 1. The lowest BCUT2D eigenvalue weighted by Gasteiger charge is -2.06. The number of fused-ring (bicyclic) bond motifs is 1. The number of aromatic nitrogens is 6. The molecule has 0 aliphatic heterocycles. The van der Waals surface area contributed by atoms with Crippen LogP contribution < -0.4 is 5.32 Å². The number of nitrogens with zero attached hydrogens (tertiary/aromatic N) is 6. The molecule has 0 saturated heterocycles. The first-order chi connectivity index (χ1) is 14.8. The van der Waals surface area contributed by atoms with E-state index in [2.05, 4.69) is 25.6 Å². The van der Waals surface area contributed by atoms with Gasteiger partial charge in [0, 0.05) is 0 Å². The van der Waals surface area contributed by atoms with E-state index >= 15 is 0 Å². The third-order valence-corrected chi connectivity index (χ3v) is 4.66. The molecular formula is C22H17N7O. The van der Waals surface area contributed by atoms with Crippen LogP contribution in [0.4, 0.5) is 5.69 Å². The van der Waals surface area contributed by atoms with Crippen molar-refractivity contribution in [3.8, 4) is 5.82 Å². The smallest absolute Gasteiger partial charge is 0.277 e. The Kier molecular flexibility index (Phi) is 4.49. The van der Waals surface area contributed by atoms with Crippen molar-refractivity contribution in [2.75, 3.05) is 5.32 Å². The number of rotatable bonds is 5. The number of benzene rings is 2. The fourth-order valence-electron chi connectivity index (χ4n) is 3.19. The average molecular weight is 395 g/mol. The monoisotopic (exact) mass is 395 g/mol. The van der Waals surface area contributed by atoms with E-state index in [-0.39, 0.29) is 11.6 Å². The zero-order chi connectivity index (χ0) is 20.3. The highest BCUT2D eigenvalue weighted by atomic mass is 16.2. The second kappa shape index (κ2) is 7.59. The summed E-state index contributed by atoms with van der Waals surface area (Å²) in [4.78, 5) is 21.3. The summed E-state index contributed by atoms with van der Waals surface area (Å²) in [5.74, 6) is 0.382. The first-order valence-electron chi connectivity index (χ1n) is 9.40. The number of hydrogen-bond donors (Lipinski definition) is 1. The molecule has 5 aromatic rings. The van der Waals surface area contributed by atoms with Crippen LogP contribution in [-0.2, 0) is 6.54 Å². The molecule has 30 heavy (non-hydrogen) atoms. The van der Waals surface area contributed by atoms with Gasteiger partial charge in [-0.15, -0.1) is 5.10 Å². The maximum atomic E-state index is 12.5. The molecule has 8 nitrogen and oxygen atoms in total. The molecule has 8 heteroatoms. The largest absolute Gasteiger partial charge is 0.319 e. The summed E-state index contributed by atoms with van der Waals surface area (Å²) < 4.78 is 3.53. The Morgan fingerprint density at radius 2 is 1.77 bits per heavy atom. The van der Waals surface area contributed by atoms with Gasteiger partial charge in [-0.2, -0.15) is 0 Å². The second-order valence-corrected chi connectivity index (χ2v) is 6.75. The van der Waals surface area contributed by atoms with Gasteiger partial charge in [-0.1, -0.05) is 47.7 Å². The number of carbonyl (C=O) groups excluding carboxylic acids is 1. The first kappa shape index (κ1) is 17.7. The third-order valence-electron chi connectivity index (χ3n) is 4.66. The summed E-state index contributed by atoms with van der Waals surface area (Å²) >= 11 is 0. The molecule has 2 aromatic carbocycles. The highest BCUT2D eigenvalue weighted by Gasteiger charge is 2.12. The number of para-hydroxylation sites is 2. The summed E-state index contributed by atoms with van der Waals surface area (Å²) in [6.07, 6.45) is 4.97. The molecule has 0 bridgehead atoms. The van der Waals surface area contributed by atoms with Crippen molar-refractivity contribution in [1.82, 2.24) is 29.5 Å². The highest BCUT2D eigenvalue weighted by molar-refractivity contribution is 6.02. The van der Waals surface area contributed by atoms with Gasteiger partial charge >= 0.3 is 0 Å². The Labute approximate surface area is 171 Å². The van der Waals surface area contributed by atoms with E-state index in [1.165, 1.54) is 0 Å². The van der Waals surface area contributed by atoms with Gasteiger partial charge in [-0.25, -0.2) is 14.6 Å². The molecule has 1 N–H and O–H groups in total. The number of imidazole rings is 1. The number of hydrogen-bond acceptors (Lipinski definition) is 5. The van der Waals surface area contributed by atoms with Gasteiger partial charge in [0.15, 0.2) is 5.69 Å². The minimum atomic E-state index is -0.336. The van der Waals surface area contributed by atoms with Crippen LogP contribution in [0, 0.1) is 0 Å². The first-order valence-corrected chi connectivity index (χ1v) is 9.40. The van der Waals surface area contributed by atoms with Crippen LogP contribution in [-0.4, -0.2) is 35.4 Å². The van der Waals surface area contributed by atoms with Gasteiger partial charge < -0.3 is 5.32 Å². The van der Waals surface area contributed by atoms with Gasteiger partial charge in [0.1, 0.15) is 12.1 Å². The minimum absolute atomic E-state index is 0.246. The number of anilines is 1. The number of carbonyl (C=O) groups is 1. The summed E-state index contributed by atoms with van der Waals surface area (Å²) in [6.45, 7) is 0.552. The quantitative estimate of drug-likeness (QED) is 0.493. The molecule has 0 atom stereocenters. The van der Waals surface area contributed by atoms with Crippen LogP contribution in [0.15, 0.2) is 85.5 Å². The van der Waals surface area contributed by atoms with Crippen LogP contribution in [0.5, 0.6) is 0 Å². The minimum Gasteiger partial charge on any atom is -0.319 e. The Morgan fingerprint density at radius 1 is 0.933 bits per heavy atom. The fourth-order valence-corrected chi connectivity index (χ4v) is 3.19. The summed E-state index contributed by atoms with van der Waals surface area (Å²) in [6, 6.07) is 21.3. The van der Waals surface area contributed by atoms with E-state index in [0.717, 1.165) is 22.4 Å². The predicted molar refractivity (Wildman–Crippen MR) is 112 cm³/mol. The van der Waals surface area contributed by atoms with Crippen molar-refractivity contribution >= 4 is 22.6 Å². The normalized spacial score (nSPS) is 10.9. The van der Waals surface area contributed by atoms with Gasteiger partial charge in [0.25, 0.3) is 5.91 Å². The van der Waals surface area contributed by atoms with Crippen molar-refractivity contribution in [2.24, 2.45) is 0 Å². The van der Waals surface area contributed by atoms with Gasteiger partial charge in [-0.3, -0.25) is 9.36 Å². The molecule has 0 spiro atoms. The standard InChI is InChI=1S/C22H17N7O/c30-22(19-14-28(27-26-19)13-16-6-2-1-3-7-16)25-17-10-11-21(23-12-17)29-15-24-18-8-4-5-9-20(18)29/h1-12,14-15H,13H2,(H,25,30). The fraction of sp³-hybridized carbons (Fsp3) is 0.0455. The van der Waals surface area contributed by atoms with Crippen LogP contribution in [0.2, 0.25) is 0 Å². The van der Waals surface area contributed by atoms with Crippen molar-refractivity contribution in [3.05, 3.63) is 96.7 Å². The maximum Gasteiger partial charge on any atom is 0.277 e. The Morgan fingerprint density at radius 3 is 2.60 bits per heavy atom. The molecule has 0 aliphatic rings. The van der Waals surface area contributed by atoms with E-state index in [4.69, 9.17) is 0 Å². The third kappa shape index (κ3) is 3.53. The molecule has 1 amide bonds. The maximum absolute atomic E-state index is 12.5. The van der Waals surface area contributed by atoms with Gasteiger partial charge in [0.05, 0.1) is 35.7 Å². The average Bonchev–Trinajstić information content (AvgIpc) is 3.42. The molecule has 3 heterocycles. The molecule has 0 fully saturated rings. The molecular weight excluding hydrogens is 378 g/mol. The number of nitrogens with one attached hydrogen (secondary N) is 1. The van der Waals surface area contributed by atoms with E-state index in [0.29, 0.717) is 12.2 Å². The van der Waals surface area contributed by atoms with E-state index < -0.39 is 0 Å². The van der Waals surface area contributed by atoms with Crippen molar-refractivity contribution < 1.29 is 4.79 Å². The predicted octanol–water partition coefficient (Wildman–Crippen LogP) is 3.31. The van der Waals surface area contributed by atoms with E-state index in [1.54, 1.807) is 29.5 Å². The Balaban J connectivity index is 1.29. The van der Waals surface area contributed by atoms with Gasteiger partial charge in [-0.05, 0) is 29.8 Å². The molecule has 146 valence electrons. The lowest BCUT2D eigenvalue weighted by Crippen LogP contribution is -2.12. The zero-order valence-corrected chi connectivity index (χ0v) is 15.9. The van der Waals surface area contributed by atoms with E-state index in [1.807, 2.05) is 65.2 Å². The lowest BCUT2D eigenvalue weighted by molar-refractivity contribution is 0.102. The van der Waals surface area contributed by atoms with Crippen molar-refractivity contribution in [3.63, 3.8) is 0 Å². The Hall–Kier alpha value is -4.33. The summed E-state index contributed by atoms with van der Waals surface area (Å²) in [5, 5.41) is 10.8. The van der Waals surface area contributed by atoms with Gasteiger partial charge in [0.2, 0.25) is 0 Å². The second-order valence-electron chi connectivity index (χ2n) is 6.75. The number of pyridine rings is 1. The topological polar surface area (TPSA) is 90.5 Å². The Bertz CT molecular complexity index is 1310. The SMILES string of the molecule is O=C(Nc1ccc(-n2cnc3ccccc32)nc1)c1cn(Cc2ccccc2)nn1. The zero-order valence-electron chi connectivity index (χ0n) is 15.9. The van der Waals surface area contributed by atoms with Crippen LogP contribution in [0.1, 0.15) is 16.1 Å². The van der Waals surface area contributed by atoms with Crippen molar-refractivity contribution in [2.45, 2.75) is 6.54 Å². The van der Waals surface area contributed by atoms with E-state index in [9.17, 15) is 4.79 Å². The van der Waals surface area contributed by atoms with Crippen molar-refractivity contribution in [1.29, 1.82) is 0 Å². The molecule has 3 aromatic heterocycles. The molecule has 0 aliphatic carbocycles. The molecule has 0 unspecified atom stereocenters. The summed E-state index contributed by atoms with van der Waals surface area (Å²) in [5.41, 5.74) is 3.77. The van der Waals surface area contributed by atoms with Crippen LogP contribution in [0.25, 0.3) is 16.9 Å².